The van der Waals surface area contributed by atoms with Gasteiger partial charge in [-0.25, -0.2) is 9.97 Å². The van der Waals surface area contributed by atoms with Gasteiger partial charge < -0.3 is 14.0 Å². The van der Waals surface area contributed by atoms with Crippen LogP contribution in [0.4, 0.5) is 0 Å². The van der Waals surface area contributed by atoms with Gasteiger partial charge in [-0.15, -0.1) is 0 Å². The maximum Gasteiger partial charge on any atom is 0.137 e. The molecule has 3 aromatic heterocycles. The van der Waals surface area contributed by atoms with Gasteiger partial charge in [0.05, 0.1) is 18.4 Å². The van der Waals surface area contributed by atoms with E-state index in [9.17, 15) is 0 Å². The molecular weight excluding hydrogens is 508 g/mol. The lowest BCUT2D eigenvalue weighted by molar-refractivity contribution is 0.453. The van der Waals surface area contributed by atoms with Gasteiger partial charge in [0.25, 0.3) is 0 Å². The second kappa shape index (κ2) is 20.0. The predicted octanol–water partition coefficient (Wildman–Crippen LogP) is 8.70. The number of nitrogens with one attached hydrogen (secondary N) is 1. The first kappa shape index (κ1) is 36.1. The molecule has 7 nitrogen and oxygen atoms in total. The van der Waals surface area contributed by atoms with Gasteiger partial charge in [-0.05, 0) is 81.8 Å². The summed E-state index contributed by atoms with van der Waals surface area (Å²) in [5.74, 6) is 5.05. The van der Waals surface area contributed by atoms with Crippen LogP contribution in [0.1, 0.15) is 104 Å². The Bertz CT molecular complexity index is 1100. The third-order valence-electron chi connectivity index (χ3n) is 6.25. The van der Waals surface area contributed by atoms with Crippen molar-refractivity contribution in [1.82, 2.24) is 19.5 Å². The van der Waals surface area contributed by atoms with E-state index >= 15 is 0 Å². The summed E-state index contributed by atoms with van der Waals surface area (Å²) in [6, 6.07) is 4.06. The molecule has 41 heavy (non-hydrogen) atoms. The van der Waals surface area contributed by atoms with Crippen molar-refractivity contribution in [3.63, 3.8) is 0 Å². The molecule has 3 aromatic rings. The Balaban J connectivity index is 0.000000274. The summed E-state index contributed by atoms with van der Waals surface area (Å²) < 4.78 is 7.48. The Morgan fingerprint density at radius 1 is 0.854 bits per heavy atom. The lowest BCUT2D eigenvalue weighted by atomic mass is 10.1. The standard InChI is InChI=1S/C9H16N2.C9H14O.2C8H14N2/c1-8(2)4-5-9-6-10-7-11(9)3;1-7(2)6-9-5-4-8(3)10-9;1-6(2)4-8-5-9-7(3)10-8;1-7(2)3-4-8-5-9-6-10-8/h6-8H,4-5H2,1-3H3;4-5,7H,6H2,1-3H3;5-7H,4H2,1-3H3;5-7H,3-4H2,1-2H3,(H,9,10). The average Bonchev–Trinajstić information content (AvgIpc) is 3.68. The zero-order chi connectivity index (χ0) is 30.8. The first-order chi connectivity index (χ1) is 19.3. The smallest absolute Gasteiger partial charge is 0.137 e. The molecule has 0 aliphatic carbocycles. The minimum Gasteiger partial charge on any atom is -0.466 e. The molecule has 0 amide bonds. The highest BCUT2D eigenvalue weighted by Gasteiger charge is 2.07. The second-order valence-electron chi connectivity index (χ2n) is 12.7. The van der Waals surface area contributed by atoms with Crippen LogP contribution in [-0.2, 0) is 26.3 Å². The maximum absolute atomic E-state index is 5.39. The van der Waals surface area contributed by atoms with E-state index in [4.69, 9.17) is 4.42 Å². The average molecular weight is 567 g/mol. The highest BCUT2D eigenvalue weighted by Crippen LogP contribution is 2.11. The van der Waals surface area contributed by atoms with Gasteiger partial charge in [-0.2, -0.15) is 0 Å². The molecule has 0 saturated heterocycles. The van der Waals surface area contributed by atoms with E-state index in [1.165, 1.54) is 24.2 Å². The van der Waals surface area contributed by atoms with Gasteiger partial charge in [-0.1, -0.05) is 55.4 Å². The molecule has 1 unspecified atom stereocenters. The largest absolute Gasteiger partial charge is 0.466 e. The van der Waals surface area contributed by atoms with Crippen molar-refractivity contribution >= 4 is 11.9 Å². The number of aromatic nitrogens is 4. The van der Waals surface area contributed by atoms with E-state index < -0.39 is 0 Å². The fraction of sp³-hybridized carbons (Fsp3) is 0.647. The van der Waals surface area contributed by atoms with Gasteiger partial charge in [0.1, 0.15) is 17.7 Å². The minimum atomic E-state index is 0.175. The first-order valence-electron chi connectivity index (χ1n) is 15.4. The molecule has 0 saturated carbocycles. The summed E-state index contributed by atoms with van der Waals surface area (Å²) in [6.45, 7) is 21.7. The van der Waals surface area contributed by atoms with Gasteiger partial charge in [0.2, 0.25) is 0 Å². The van der Waals surface area contributed by atoms with Gasteiger partial charge >= 0.3 is 0 Å². The van der Waals surface area contributed by atoms with E-state index in [-0.39, 0.29) is 6.17 Å². The van der Waals surface area contributed by atoms with Crippen molar-refractivity contribution in [2.45, 2.75) is 114 Å². The third kappa shape index (κ3) is 18.2. The number of H-pyrrole nitrogens is 1. The molecule has 0 aromatic carbocycles. The second-order valence-corrected chi connectivity index (χ2v) is 12.7. The van der Waals surface area contributed by atoms with Crippen LogP contribution in [0.3, 0.4) is 0 Å². The minimum absolute atomic E-state index is 0.175. The zero-order valence-corrected chi connectivity index (χ0v) is 27.8. The maximum atomic E-state index is 5.39. The summed E-state index contributed by atoms with van der Waals surface area (Å²) in [5.41, 5.74) is 3.73. The van der Waals surface area contributed by atoms with Gasteiger partial charge in [0, 0.05) is 43.5 Å². The van der Waals surface area contributed by atoms with Crippen molar-refractivity contribution in [3.8, 4) is 0 Å². The number of hydrogen-bond donors (Lipinski definition) is 1. The van der Waals surface area contributed by atoms with Gasteiger partial charge in [-0.3, -0.25) is 9.98 Å². The van der Waals surface area contributed by atoms with E-state index in [2.05, 4.69) is 91.0 Å². The first-order valence-corrected chi connectivity index (χ1v) is 15.4. The zero-order valence-electron chi connectivity index (χ0n) is 27.8. The lowest BCUT2D eigenvalue weighted by Crippen LogP contribution is -2.01. The summed E-state index contributed by atoms with van der Waals surface area (Å²) >= 11 is 0. The lowest BCUT2D eigenvalue weighted by Gasteiger charge is -2.04. The van der Waals surface area contributed by atoms with Crippen LogP contribution in [0.2, 0.25) is 0 Å². The Kier molecular flexibility index (Phi) is 17.6. The van der Waals surface area contributed by atoms with E-state index in [0.717, 1.165) is 54.8 Å². The topological polar surface area (TPSA) is 84.4 Å². The molecule has 0 radical (unpaired) electrons. The summed E-state index contributed by atoms with van der Waals surface area (Å²) in [5, 5.41) is 0. The fourth-order valence-electron chi connectivity index (χ4n) is 3.95. The number of hydrogen-bond acceptors (Lipinski definition) is 5. The molecule has 4 rings (SSSR count). The highest BCUT2D eigenvalue weighted by molar-refractivity contribution is 6.31. The van der Waals surface area contributed by atoms with Crippen LogP contribution in [0.5, 0.6) is 0 Å². The van der Waals surface area contributed by atoms with E-state index in [1.807, 2.05) is 51.9 Å². The molecule has 230 valence electrons. The Morgan fingerprint density at radius 2 is 1.51 bits per heavy atom. The molecule has 1 aliphatic rings. The Morgan fingerprint density at radius 3 is 1.95 bits per heavy atom. The molecule has 7 heteroatoms. The van der Waals surface area contributed by atoms with Gasteiger partial charge in [0.15, 0.2) is 0 Å². The fourth-order valence-corrected chi connectivity index (χ4v) is 3.95. The van der Waals surface area contributed by atoms with Crippen molar-refractivity contribution in [2.24, 2.45) is 40.7 Å². The SMILES string of the molecule is CC(C)CC1=NC(C)N=C1.CC(C)CCc1cnc[nH]1.CC(C)CCc1cncn1C.Cc1ccc(CC(C)C)o1. The normalized spacial score (nSPS) is 14.0. The van der Waals surface area contributed by atoms with Crippen LogP contribution in [-0.4, -0.2) is 37.6 Å². The number of aliphatic imine (C=N–C) groups is 2. The number of aromatic amines is 1. The number of imidazole rings is 2. The number of aryl methyl sites for hydroxylation is 4. The van der Waals surface area contributed by atoms with Crippen LogP contribution in [0.25, 0.3) is 0 Å². The molecular formula is C34H58N6O. The molecule has 0 spiro atoms. The third-order valence-corrected chi connectivity index (χ3v) is 6.25. The number of rotatable bonds is 10. The van der Waals surface area contributed by atoms with E-state index in [1.54, 1.807) is 6.33 Å². The molecule has 4 heterocycles. The number of furan rings is 1. The molecule has 0 bridgehead atoms. The molecule has 0 fully saturated rings. The summed E-state index contributed by atoms with van der Waals surface area (Å²) in [4.78, 5) is 19.6. The van der Waals surface area contributed by atoms with Crippen molar-refractivity contribution in [1.29, 1.82) is 0 Å². The Hall–Kier alpha value is -2.96. The van der Waals surface area contributed by atoms with Crippen molar-refractivity contribution in [2.75, 3.05) is 0 Å². The summed E-state index contributed by atoms with van der Waals surface area (Å²) in [7, 11) is 2.04. The van der Waals surface area contributed by atoms with Crippen LogP contribution in [0, 0.1) is 30.6 Å². The van der Waals surface area contributed by atoms with Crippen molar-refractivity contribution < 1.29 is 4.42 Å². The van der Waals surface area contributed by atoms with Crippen LogP contribution >= 0.6 is 0 Å². The van der Waals surface area contributed by atoms with E-state index in [0.29, 0.717) is 11.8 Å². The Labute approximate surface area is 250 Å². The molecule has 1 N–H and O–H groups in total. The number of nitrogens with zero attached hydrogens (tertiary/aromatic N) is 5. The quantitative estimate of drug-likeness (QED) is 0.266. The molecule has 1 aliphatic heterocycles. The van der Waals surface area contributed by atoms with Crippen LogP contribution < -0.4 is 0 Å². The predicted molar refractivity (Wildman–Crippen MR) is 175 cm³/mol. The monoisotopic (exact) mass is 566 g/mol. The van der Waals surface area contributed by atoms with Crippen LogP contribution in [0.15, 0.2) is 51.6 Å². The molecule has 1 atom stereocenters. The highest BCUT2D eigenvalue weighted by atomic mass is 16.3. The summed E-state index contributed by atoms with van der Waals surface area (Å²) in [6.07, 6.45) is 16.4. The van der Waals surface area contributed by atoms with Crippen molar-refractivity contribution in [3.05, 3.63) is 60.1 Å².